The van der Waals surface area contributed by atoms with Gasteiger partial charge in [-0.05, 0) is 56.2 Å². The number of aliphatic hydroxyl groups is 3. The Kier molecular flexibility index (Phi) is 11.2. The molecule has 5 unspecified atom stereocenters. The van der Waals surface area contributed by atoms with Crippen LogP contribution >= 0.6 is 0 Å². The quantitative estimate of drug-likeness (QED) is 0.126. The molecule has 1 saturated heterocycles. The Morgan fingerprint density at radius 1 is 0.875 bits per heavy atom. The van der Waals surface area contributed by atoms with Crippen molar-refractivity contribution in [1.82, 2.24) is 0 Å². The fourth-order valence-electron chi connectivity index (χ4n) is 5.14. The van der Waals surface area contributed by atoms with Crippen LogP contribution in [-0.4, -0.2) is 70.3 Å². The predicted molar refractivity (Wildman–Crippen MR) is 178 cm³/mol. The maximum atomic E-state index is 13.3. The molecule has 0 bridgehead atoms. The summed E-state index contributed by atoms with van der Waals surface area (Å²) in [6, 6.07) is 16.5. The molecule has 5 N–H and O–H groups in total. The zero-order chi connectivity index (χ0) is 34.4. The Bertz CT molecular complexity index is 1750. The van der Waals surface area contributed by atoms with Crippen LogP contribution in [0.15, 0.2) is 69.9 Å². The summed E-state index contributed by atoms with van der Waals surface area (Å²) < 4.78 is 29.3. The van der Waals surface area contributed by atoms with Crippen LogP contribution in [0.3, 0.4) is 0 Å². The van der Waals surface area contributed by atoms with E-state index in [-0.39, 0.29) is 34.8 Å². The smallest absolute Gasteiger partial charge is 0.256 e. The molecule has 12 heteroatoms. The van der Waals surface area contributed by atoms with Gasteiger partial charge in [-0.2, -0.15) is 0 Å². The van der Waals surface area contributed by atoms with E-state index in [1.165, 1.54) is 12.1 Å². The van der Waals surface area contributed by atoms with Crippen molar-refractivity contribution in [3.8, 4) is 34.3 Å². The van der Waals surface area contributed by atoms with Crippen molar-refractivity contribution in [2.45, 2.75) is 77.2 Å². The molecule has 1 aromatic heterocycles. The summed E-state index contributed by atoms with van der Waals surface area (Å²) >= 11 is 0. The van der Waals surface area contributed by atoms with Gasteiger partial charge >= 0.3 is 0 Å². The lowest BCUT2D eigenvalue weighted by molar-refractivity contribution is -0.265. The number of phenolic OH excluding ortho intramolecular Hbond substituents is 1. The number of fused-ring (bicyclic) bond motifs is 1. The molecule has 2 heterocycles. The third-order valence-corrected chi connectivity index (χ3v) is 7.95. The van der Waals surface area contributed by atoms with Gasteiger partial charge in [0.15, 0.2) is 23.0 Å². The number of benzene rings is 3. The van der Waals surface area contributed by atoms with Crippen LogP contribution in [0.2, 0.25) is 0 Å². The third kappa shape index (κ3) is 7.74. The van der Waals surface area contributed by atoms with Crippen LogP contribution in [0.5, 0.6) is 23.0 Å². The van der Waals surface area contributed by atoms with E-state index in [1.807, 2.05) is 13.8 Å². The number of aliphatic hydroxyl groups excluding tert-OH is 3. The van der Waals surface area contributed by atoms with Gasteiger partial charge in [-0.15, -0.1) is 0 Å². The number of carbonyl (C=O) groups excluding carboxylic acids is 1. The second-order valence-corrected chi connectivity index (χ2v) is 11.7. The summed E-state index contributed by atoms with van der Waals surface area (Å²) in [5.74, 6) is -0.884. The minimum atomic E-state index is -1.84. The van der Waals surface area contributed by atoms with Crippen molar-refractivity contribution in [1.29, 1.82) is 0 Å². The standard InChI is InChI=1S/C36H41NO11/c1-4-6-16-44-23-14-10-21(11-15-23)25-18-24(38)28-26(46-25)19-27(33(29(28)39)45-17-7-5-2)47-36-32(42)30(40)31(41)34(48-36)35(43)37-22-12-8-20(3)9-13-22/h8-15,18-19,30-32,34,36,39-42H,4-7,16-17H2,1-3H3,(H,37,43). The fourth-order valence-corrected chi connectivity index (χ4v) is 5.14. The van der Waals surface area contributed by atoms with Crippen LogP contribution in [0.4, 0.5) is 5.69 Å². The number of ether oxygens (including phenoxy) is 4. The molecule has 1 amide bonds. The summed E-state index contributed by atoms with van der Waals surface area (Å²) in [4.78, 5) is 26.4. The van der Waals surface area contributed by atoms with Crippen LogP contribution in [0.1, 0.15) is 45.1 Å². The highest BCUT2D eigenvalue weighted by Crippen LogP contribution is 2.44. The average molecular weight is 664 g/mol. The average Bonchev–Trinajstić information content (AvgIpc) is 3.07. The number of aryl methyl sites for hydroxylation is 1. The molecular formula is C36H41NO11. The second-order valence-electron chi connectivity index (χ2n) is 11.7. The normalized spacial score (nSPS) is 20.8. The largest absolute Gasteiger partial charge is 0.504 e. The third-order valence-electron chi connectivity index (χ3n) is 7.95. The van der Waals surface area contributed by atoms with E-state index < -0.39 is 47.8 Å². The number of hydrogen-bond donors (Lipinski definition) is 5. The van der Waals surface area contributed by atoms with Crippen LogP contribution < -0.4 is 25.0 Å². The zero-order valence-corrected chi connectivity index (χ0v) is 27.0. The van der Waals surface area contributed by atoms with Crippen LogP contribution in [0, 0.1) is 6.92 Å². The molecule has 12 nitrogen and oxygen atoms in total. The Labute approximate surface area is 277 Å². The van der Waals surface area contributed by atoms with Gasteiger partial charge in [0.25, 0.3) is 5.91 Å². The van der Waals surface area contributed by atoms with E-state index in [9.17, 15) is 30.0 Å². The molecule has 5 rings (SSSR count). The molecule has 1 fully saturated rings. The van der Waals surface area contributed by atoms with Crippen molar-refractivity contribution in [3.63, 3.8) is 0 Å². The van der Waals surface area contributed by atoms with Gasteiger partial charge in [0.2, 0.25) is 12.0 Å². The van der Waals surface area contributed by atoms with Crippen LogP contribution in [0.25, 0.3) is 22.3 Å². The minimum Gasteiger partial charge on any atom is -0.504 e. The highest BCUT2D eigenvalue weighted by molar-refractivity contribution is 5.95. The number of hydrogen-bond acceptors (Lipinski definition) is 11. The SMILES string of the molecule is CCCCOc1ccc(-c2cc(=O)c3c(O)c(OCCCC)c(OC4OC(C(=O)Nc5ccc(C)cc5)C(O)C(O)C4O)cc3o2)cc1. The minimum absolute atomic E-state index is 0.0596. The monoisotopic (exact) mass is 663 g/mol. The Hall–Kier alpha value is -4.62. The molecule has 5 atom stereocenters. The number of aromatic hydroxyl groups is 1. The van der Waals surface area contributed by atoms with Gasteiger partial charge in [0, 0.05) is 23.4 Å². The number of carbonyl (C=O) groups is 1. The fraction of sp³-hybridized carbons (Fsp3) is 0.389. The summed E-state index contributed by atoms with van der Waals surface area (Å²) in [7, 11) is 0. The first-order chi connectivity index (χ1) is 23.1. The van der Waals surface area contributed by atoms with Crippen molar-refractivity contribution < 1.29 is 48.6 Å². The number of nitrogens with one attached hydrogen (secondary N) is 1. The zero-order valence-electron chi connectivity index (χ0n) is 27.0. The first-order valence-corrected chi connectivity index (χ1v) is 16.0. The van der Waals surface area contributed by atoms with E-state index >= 15 is 0 Å². The number of amides is 1. The molecule has 1 aliphatic heterocycles. The predicted octanol–water partition coefficient (Wildman–Crippen LogP) is 4.66. The molecule has 4 aromatic rings. The van der Waals surface area contributed by atoms with E-state index in [0.717, 1.165) is 24.8 Å². The Morgan fingerprint density at radius 2 is 1.54 bits per heavy atom. The Morgan fingerprint density at radius 3 is 2.21 bits per heavy atom. The van der Waals surface area contributed by atoms with Gasteiger partial charge in [-0.1, -0.05) is 44.4 Å². The molecule has 0 spiro atoms. The van der Waals surface area contributed by atoms with Crippen molar-refractivity contribution in [2.75, 3.05) is 18.5 Å². The van der Waals surface area contributed by atoms with E-state index in [4.69, 9.17) is 23.4 Å². The van der Waals surface area contributed by atoms with E-state index in [0.29, 0.717) is 30.0 Å². The lowest BCUT2D eigenvalue weighted by Crippen LogP contribution is -2.62. The van der Waals surface area contributed by atoms with Crippen molar-refractivity contribution in [2.24, 2.45) is 0 Å². The van der Waals surface area contributed by atoms with Crippen molar-refractivity contribution >= 4 is 22.6 Å². The first kappa shape index (κ1) is 34.7. The topological polar surface area (TPSA) is 177 Å². The first-order valence-electron chi connectivity index (χ1n) is 16.0. The molecule has 3 aromatic carbocycles. The Balaban J connectivity index is 1.47. The number of rotatable bonds is 13. The highest BCUT2D eigenvalue weighted by atomic mass is 16.7. The van der Waals surface area contributed by atoms with Crippen molar-refractivity contribution in [3.05, 3.63) is 76.5 Å². The molecule has 48 heavy (non-hydrogen) atoms. The van der Waals surface area contributed by atoms with E-state index in [2.05, 4.69) is 12.2 Å². The molecule has 0 radical (unpaired) electrons. The maximum Gasteiger partial charge on any atom is 0.256 e. The van der Waals surface area contributed by atoms with Gasteiger partial charge < -0.3 is 49.1 Å². The van der Waals surface area contributed by atoms with Crippen LogP contribution in [-0.2, 0) is 9.53 Å². The lowest BCUT2D eigenvalue weighted by atomic mass is 9.98. The molecular weight excluding hydrogens is 622 g/mol. The number of unbranched alkanes of at least 4 members (excludes halogenated alkanes) is 2. The number of anilines is 1. The van der Waals surface area contributed by atoms with Gasteiger partial charge in [0.05, 0.1) is 13.2 Å². The van der Waals surface area contributed by atoms with E-state index in [1.54, 1.807) is 48.5 Å². The van der Waals surface area contributed by atoms with Gasteiger partial charge in [0.1, 0.15) is 40.8 Å². The van der Waals surface area contributed by atoms with Gasteiger partial charge in [-0.3, -0.25) is 9.59 Å². The highest BCUT2D eigenvalue weighted by Gasteiger charge is 2.48. The van der Waals surface area contributed by atoms with Gasteiger partial charge in [-0.25, -0.2) is 0 Å². The second kappa shape index (κ2) is 15.5. The molecule has 256 valence electrons. The molecule has 0 aliphatic carbocycles. The summed E-state index contributed by atoms with van der Waals surface area (Å²) in [5.41, 5.74) is 1.37. The lowest BCUT2D eigenvalue weighted by Gasteiger charge is -2.39. The number of phenols is 1. The maximum absolute atomic E-state index is 13.3. The summed E-state index contributed by atoms with van der Waals surface area (Å²) in [6.45, 7) is 6.64. The summed E-state index contributed by atoms with van der Waals surface area (Å²) in [5, 5.41) is 45.9. The molecule has 0 saturated carbocycles. The summed E-state index contributed by atoms with van der Waals surface area (Å²) in [6.07, 6.45) is -5.51. The molecule has 1 aliphatic rings.